The molecule has 0 saturated carbocycles. The van der Waals surface area contributed by atoms with E-state index in [1.54, 1.807) is 31.5 Å². The Morgan fingerprint density at radius 2 is 2.33 bits per heavy atom. The zero-order valence-electron chi connectivity index (χ0n) is 12.2. The Kier molecular flexibility index (Phi) is 3.64. The highest BCUT2D eigenvalue weighted by molar-refractivity contribution is 6.00. The van der Waals surface area contributed by atoms with Crippen LogP contribution in [-0.4, -0.2) is 22.7 Å². The Hall–Kier alpha value is -2.30. The average molecular weight is 286 g/mol. The summed E-state index contributed by atoms with van der Waals surface area (Å²) in [7, 11) is 1.60. The Balaban J connectivity index is 1.87. The van der Waals surface area contributed by atoms with Crippen LogP contribution in [0.4, 0.5) is 0 Å². The largest absolute Gasteiger partial charge is 0.497 e. The van der Waals surface area contributed by atoms with Gasteiger partial charge in [0.15, 0.2) is 5.78 Å². The van der Waals surface area contributed by atoms with E-state index in [1.165, 1.54) is 0 Å². The van der Waals surface area contributed by atoms with Crippen LogP contribution in [0.15, 0.2) is 30.6 Å². The summed E-state index contributed by atoms with van der Waals surface area (Å²) in [5, 5.41) is 4.30. The lowest BCUT2D eigenvalue weighted by Crippen LogP contribution is -2.20. The zero-order valence-corrected chi connectivity index (χ0v) is 12.2. The van der Waals surface area contributed by atoms with Gasteiger partial charge >= 0.3 is 0 Å². The molecule has 1 aliphatic heterocycles. The number of ketones is 1. The molecule has 0 radical (unpaired) electrons. The molecule has 2 aromatic rings. The highest BCUT2D eigenvalue weighted by Crippen LogP contribution is 2.36. The van der Waals surface area contributed by atoms with Crippen LogP contribution in [0.5, 0.6) is 11.5 Å². The molecule has 2 heterocycles. The van der Waals surface area contributed by atoms with Crippen molar-refractivity contribution < 1.29 is 14.3 Å². The molecule has 3 rings (SSSR count). The van der Waals surface area contributed by atoms with Crippen LogP contribution in [-0.2, 0) is 6.54 Å². The smallest absolute Gasteiger partial charge is 0.170 e. The zero-order chi connectivity index (χ0) is 14.8. The lowest BCUT2D eigenvalue weighted by Gasteiger charge is -2.24. The molecule has 0 aliphatic carbocycles. The first-order chi connectivity index (χ1) is 10.2. The number of aromatic nitrogens is 2. The van der Waals surface area contributed by atoms with Gasteiger partial charge in [-0.25, -0.2) is 0 Å². The van der Waals surface area contributed by atoms with Crippen LogP contribution < -0.4 is 9.47 Å². The highest BCUT2D eigenvalue weighted by atomic mass is 16.5. The van der Waals surface area contributed by atoms with E-state index in [2.05, 4.69) is 12.0 Å². The van der Waals surface area contributed by atoms with Crippen molar-refractivity contribution in [3.8, 4) is 11.5 Å². The number of Topliss-reactive ketones (excluding diaryl/α,β-unsaturated/α-hetero) is 1. The second-order valence-electron chi connectivity index (χ2n) is 5.13. The van der Waals surface area contributed by atoms with Gasteiger partial charge in [0.2, 0.25) is 0 Å². The highest BCUT2D eigenvalue weighted by Gasteiger charge is 2.28. The fourth-order valence-electron chi connectivity index (χ4n) is 2.51. The number of hydrogen-bond donors (Lipinski definition) is 0. The summed E-state index contributed by atoms with van der Waals surface area (Å²) >= 11 is 0. The van der Waals surface area contributed by atoms with E-state index in [0.29, 0.717) is 23.5 Å². The number of benzene rings is 1. The molecule has 0 bridgehead atoms. The molecule has 0 amide bonds. The summed E-state index contributed by atoms with van der Waals surface area (Å²) in [6, 6.07) is 5.29. The molecular formula is C16H18N2O3. The number of carbonyl (C=O) groups excluding carboxylic acids is 1. The van der Waals surface area contributed by atoms with E-state index in [9.17, 15) is 4.79 Å². The molecule has 21 heavy (non-hydrogen) atoms. The van der Waals surface area contributed by atoms with Crippen molar-refractivity contribution in [2.24, 2.45) is 0 Å². The first kappa shape index (κ1) is 13.7. The second kappa shape index (κ2) is 5.60. The summed E-state index contributed by atoms with van der Waals surface area (Å²) in [6.07, 6.45) is 4.82. The van der Waals surface area contributed by atoms with Crippen LogP contribution in [0.1, 0.15) is 41.8 Å². The SMILES string of the molecule is CCCn1cc(C2CC(=O)c3ccc(OC)cc3O2)cn1. The molecule has 110 valence electrons. The molecule has 0 saturated heterocycles. The molecular weight excluding hydrogens is 268 g/mol. The summed E-state index contributed by atoms with van der Waals surface area (Å²) in [5.41, 5.74) is 1.55. The van der Waals surface area contributed by atoms with Gasteiger partial charge in [0.05, 0.1) is 25.3 Å². The van der Waals surface area contributed by atoms with Crippen molar-refractivity contribution >= 4 is 5.78 Å². The second-order valence-corrected chi connectivity index (χ2v) is 5.13. The van der Waals surface area contributed by atoms with Crippen molar-refractivity contribution in [2.75, 3.05) is 7.11 Å². The van der Waals surface area contributed by atoms with Gasteiger partial charge in [0.1, 0.15) is 17.6 Å². The Labute approximate surface area is 123 Å². The van der Waals surface area contributed by atoms with Crippen molar-refractivity contribution in [1.29, 1.82) is 0 Å². The van der Waals surface area contributed by atoms with E-state index < -0.39 is 0 Å². The third kappa shape index (κ3) is 2.63. The van der Waals surface area contributed by atoms with Gasteiger partial charge in [-0.3, -0.25) is 9.48 Å². The van der Waals surface area contributed by atoms with Crippen LogP contribution in [0.2, 0.25) is 0 Å². The van der Waals surface area contributed by atoms with Gasteiger partial charge in [0, 0.05) is 24.4 Å². The molecule has 1 aromatic carbocycles. The maximum atomic E-state index is 12.3. The number of rotatable bonds is 4. The number of ether oxygens (including phenoxy) is 2. The maximum Gasteiger partial charge on any atom is 0.170 e. The fourth-order valence-corrected chi connectivity index (χ4v) is 2.51. The summed E-state index contributed by atoms with van der Waals surface area (Å²) in [4.78, 5) is 12.3. The number of hydrogen-bond acceptors (Lipinski definition) is 4. The van der Waals surface area contributed by atoms with Crippen molar-refractivity contribution in [2.45, 2.75) is 32.4 Å². The summed E-state index contributed by atoms with van der Waals surface area (Å²) in [6.45, 7) is 2.97. The van der Waals surface area contributed by atoms with Crippen LogP contribution >= 0.6 is 0 Å². The lowest BCUT2D eigenvalue weighted by atomic mass is 9.98. The van der Waals surface area contributed by atoms with Crippen LogP contribution in [0, 0.1) is 0 Å². The number of methoxy groups -OCH3 is 1. The molecule has 1 aliphatic rings. The minimum atomic E-state index is -0.275. The molecule has 0 N–H and O–H groups in total. The quantitative estimate of drug-likeness (QED) is 0.867. The van der Waals surface area contributed by atoms with Gasteiger partial charge < -0.3 is 9.47 Å². The predicted octanol–water partition coefficient (Wildman–Crippen LogP) is 3.01. The van der Waals surface area contributed by atoms with Gasteiger partial charge in [-0.15, -0.1) is 0 Å². The Morgan fingerprint density at radius 1 is 1.48 bits per heavy atom. The van der Waals surface area contributed by atoms with E-state index in [0.717, 1.165) is 18.5 Å². The Bertz CT molecular complexity index is 663. The van der Waals surface area contributed by atoms with E-state index in [1.807, 2.05) is 10.9 Å². The van der Waals surface area contributed by atoms with E-state index in [4.69, 9.17) is 9.47 Å². The number of fused-ring (bicyclic) bond motifs is 1. The van der Waals surface area contributed by atoms with Crippen molar-refractivity contribution in [1.82, 2.24) is 9.78 Å². The van der Waals surface area contributed by atoms with E-state index in [-0.39, 0.29) is 11.9 Å². The number of aryl methyl sites for hydroxylation is 1. The van der Waals surface area contributed by atoms with Crippen LogP contribution in [0.3, 0.4) is 0 Å². The third-order valence-corrected chi connectivity index (χ3v) is 3.61. The first-order valence-corrected chi connectivity index (χ1v) is 7.11. The normalized spacial score (nSPS) is 17.2. The van der Waals surface area contributed by atoms with Gasteiger partial charge in [-0.2, -0.15) is 5.10 Å². The lowest BCUT2D eigenvalue weighted by molar-refractivity contribution is 0.0849. The van der Waals surface area contributed by atoms with Gasteiger partial charge in [-0.05, 0) is 18.6 Å². The minimum absolute atomic E-state index is 0.0899. The first-order valence-electron chi connectivity index (χ1n) is 7.11. The fraction of sp³-hybridized carbons (Fsp3) is 0.375. The molecule has 0 spiro atoms. The van der Waals surface area contributed by atoms with Gasteiger partial charge in [0.25, 0.3) is 0 Å². The van der Waals surface area contributed by atoms with E-state index >= 15 is 0 Å². The maximum absolute atomic E-state index is 12.3. The van der Waals surface area contributed by atoms with Crippen LogP contribution in [0.25, 0.3) is 0 Å². The van der Waals surface area contributed by atoms with Gasteiger partial charge in [-0.1, -0.05) is 6.92 Å². The topological polar surface area (TPSA) is 53.4 Å². The monoisotopic (exact) mass is 286 g/mol. The summed E-state index contributed by atoms with van der Waals surface area (Å²) < 4.78 is 13.0. The average Bonchev–Trinajstić information content (AvgIpc) is 2.95. The molecule has 1 atom stereocenters. The minimum Gasteiger partial charge on any atom is -0.497 e. The van der Waals surface area contributed by atoms with Crippen molar-refractivity contribution in [3.63, 3.8) is 0 Å². The molecule has 1 unspecified atom stereocenters. The predicted molar refractivity (Wildman–Crippen MR) is 77.8 cm³/mol. The third-order valence-electron chi connectivity index (χ3n) is 3.61. The molecule has 5 nitrogen and oxygen atoms in total. The molecule has 5 heteroatoms. The molecule has 0 fully saturated rings. The standard InChI is InChI=1S/C16H18N2O3/c1-3-6-18-10-11(9-17-18)15-8-14(19)13-5-4-12(20-2)7-16(13)21-15/h4-5,7,9-10,15H,3,6,8H2,1-2H3. The number of nitrogens with zero attached hydrogens (tertiary/aromatic N) is 2. The summed E-state index contributed by atoms with van der Waals surface area (Å²) in [5.74, 6) is 1.36. The van der Waals surface area contributed by atoms with Crippen molar-refractivity contribution in [3.05, 3.63) is 41.7 Å². The number of carbonyl (C=O) groups is 1. The molecule has 1 aromatic heterocycles. The Morgan fingerprint density at radius 3 is 3.10 bits per heavy atom.